The van der Waals surface area contributed by atoms with Gasteiger partial charge in [-0.25, -0.2) is 8.42 Å². The number of benzene rings is 3. The standard InChI is InChI=1S/C19H14BrCl2N3O2S2/c20-12-1-3-13(4-2-12)23-19(28)24-14-5-8-16(9-6-14)29(26,27)25-15-7-10-17(21)18(22)11-15/h1-11,25H,(H2,23,24,28). The van der Waals surface area contributed by atoms with Crippen LogP contribution in [0.25, 0.3) is 0 Å². The van der Waals surface area contributed by atoms with Crippen molar-refractivity contribution in [2.45, 2.75) is 4.90 Å². The third-order valence-corrected chi connectivity index (χ3v) is 6.57. The summed E-state index contributed by atoms with van der Waals surface area (Å²) in [4.78, 5) is 0.0981. The molecule has 0 saturated carbocycles. The van der Waals surface area contributed by atoms with Crippen molar-refractivity contribution >= 4 is 83.5 Å². The predicted octanol–water partition coefficient (Wildman–Crippen LogP) is 6.37. The van der Waals surface area contributed by atoms with Gasteiger partial charge in [-0.3, -0.25) is 4.72 Å². The van der Waals surface area contributed by atoms with Crippen LogP contribution in [0.2, 0.25) is 10.0 Å². The molecule has 10 heteroatoms. The van der Waals surface area contributed by atoms with Crippen molar-refractivity contribution in [2.24, 2.45) is 0 Å². The molecule has 0 fully saturated rings. The molecule has 0 aromatic heterocycles. The minimum Gasteiger partial charge on any atom is -0.332 e. The average molecular weight is 531 g/mol. The maximum Gasteiger partial charge on any atom is 0.261 e. The highest BCUT2D eigenvalue weighted by atomic mass is 79.9. The molecule has 29 heavy (non-hydrogen) atoms. The van der Waals surface area contributed by atoms with Gasteiger partial charge >= 0.3 is 0 Å². The van der Waals surface area contributed by atoms with Gasteiger partial charge in [0.05, 0.1) is 20.6 Å². The first-order chi connectivity index (χ1) is 13.7. The first kappa shape index (κ1) is 21.9. The molecule has 3 N–H and O–H groups in total. The van der Waals surface area contributed by atoms with E-state index in [-0.39, 0.29) is 9.92 Å². The summed E-state index contributed by atoms with van der Waals surface area (Å²) in [6, 6.07) is 18.3. The van der Waals surface area contributed by atoms with Gasteiger partial charge in [0.25, 0.3) is 10.0 Å². The average Bonchev–Trinajstić information content (AvgIpc) is 2.67. The van der Waals surface area contributed by atoms with E-state index in [0.717, 1.165) is 10.2 Å². The highest BCUT2D eigenvalue weighted by Crippen LogP contribution is 2.26. The lowest BCUT2D eigenvalue weighted by Crippen LogP contribution is -2.19. The Morgan fingerprint density at radius 2 is 1.31 bits per heavy atom. The van der Waals surface area contributed by atoms with Gasteiger partial charge in [-0.1, -0.05) is 39.1 Å². The maximum absolute atomic E-state index is 12.6. The van der Waals surface area contributed by atoms with Crippen LogP contribution in [0.4, 0.5) is 17.1 Å². The Hall–Kier alpha value is -1.84. The Bertz CT molecular complexity index is 1140. The molecule has 0 spiro atoms. The first-order valence-electron chi connectivity index (χ1n) is 8.14. The Kier molecular flexibility index (Phi) is 7.02. The lowest BCUT2D eigenvalue weighted by Gasteiger charge is -2.12. The molecule has 3 aromatic rings. The van der Waals surface area contributed by atoms with E-state index in [1.807, 2.05) is 24.3 Å². The van der Waals surface area contributed by atoms with E-state index in [1.54, 1.807) is 12.1 Å². The summed E-state index contributed by atoms with van der Waals surface area (Å²) in [6.45, 7) is 0. The fraction of sp³-hybridized carbons (Fsp3) is 0. The second kappa shape index (κ2) is 9.32. The van der Waals surface area contributed by atoms with Crippen LogP contribution in [0.3, 0.4) is 0 Å². The summed E-state index contributed by atoms with van der Waals surface area (Å²) in [5.74, 6) is 0. The van der Waals surface area contributed by atoms with Crippen molar-refractivity contribution < 1.29 is 8.42 Å². The quantitative estimate of drug-likeness (QED) is 0.334. The highest BCUT2D eigenvalue weighted by molar-refractivity contribution is 9.10. The molecule has 0 heterocycles. The Balaban J connectivity index is 1.66. The normalized spacial score (nSPS) is 11.0. The zero-order valence-corrected chi connectivity index (χ0v) is 19.3. The van der Waals surface area contributed by atoms with E-state index in [0.29, 0.717) is 21.5 Å². The SMILES string of the molecule is O=S(=O)(Nc1ccc(Cl)c(Cl)c1)c1ccc(NC(=S)Nc2ccc(Br)cc2)cc1. The van der Waals surface area contributed by atoms with Crippen LogP contribution in [0.15, 0.2) is 76.1 Å². The fourth-order valence-electron chi connectivity index (χ4n) is 2.32. The second-order valence-electron chi connectivity index (χ2n) is 5.84. The summed E-state index contributed by atoms with van der Waals surface area (Å²) in [5.41, 5.74) is 1.80. The molecule has 150 valence electrons. The van der Waals surface area contributed by atoms with E-state index < -0.39 is 10.0 Å². The second-order valence-corrected chi connectivity index (χ2v) is 9.67. The van der Waals surface area contributed by atoms with Crippen LogP contribution >= 0.6 is 51.3 Å². The van der Waals surface area contributed by atoms with Gasteiger partial charge in [0.1, 0.15) is 0 Å². The molecule has 0 bridgehead atoms. The van der Waals surface area contributed by atoms with Gasteiger partial charge in [0.2, 0.25) is 0 Å². The minimum atomic E-state index is -3.77. The number of rotatable bonds is 5. The minimum absolute atomic E-state index is 0.0981. The van der Waals surface area contributed by atoms with Crippen LogP contribution < -0.4 is 15.4 Å². The molecule has 0 amide bonds. The summed E-state index contributed by atoms with van der Waals surface area (Å²) in [6.07, 6.45) is 0. The number of thiocarbonyl (C=S) groups is 1. The number of hydrogen-bond donors (Lipinski definition) is 3. The number of anilines is 3. The van der Waals surface area contributed by atoms with Crippen molar-refractivity contribution in [2.75, 3.05) is 15.4 Å². The Morgan fingerprint density at radius 3 is 1.86 bits per heavy atom. The molecule has 0 radical (unpaired) electrons. The molecule has 3 aromatic carbocycles. The van der Waals surface area contributed by atoms with Crippen molar-refractivity contribution in [3.63, 3.8) is 0 Å². The van der Waals surface area contributed by atoms with E-state index in [2.05, 4.69) is 31.3 Å². The van der Waals surface area contributed by atoms with Gasteiger partial charge in [0.15, 0.2) is 5.11 Å². The highest BCUT2D eigenvalue weighted by Gasteiger charge is 2.15. The molecule has 0 atom stereocenters. The first-order valence-corrected chi connectivity index (χ1v) is 11.6. The van der Waals surface area contributed by atoms with Crippen molar-refractivity contribution in [3.05, 3.63) is 81.2 Å². The third kappa shape index (κ3) is 6.07. The topological polar surface area (TPSA) is 70.2 Å². The van der Waals surface area contributed by atoms with E-state index in [9.17, 15) is 8.42 Å². The zero-order chi connectivity index (χ0) is 21.0. The molecule has 3 rings (SSSR count). The van der Waals surface area contributed by atoms with Gasteiger partial charge in [-0.15, -0.1) is 0 Å². The van der Waals surface area contributed by atoms with Gasteiger partial charge in [-0.2, -0.15) is 0 Å². The number of halogens is 3. The Morgan fingerprint density at radius 1 is 0.793 bits per heavy atom. The largest absolute Gasteiger partial charge is 0.332 e. The molecule has 0 aliphatic carbocycles. The lowest BCUT2D eigenvalue weighted by atomic mass is 10.3. The van der Waals surface area contributed by atoms with Crippen LogP contribution in [0.5, 0.6) is 0 Å². The van der Waals surface area contributed by atoms with E-state index >= 15 is 0 Å². The van der Waals surface area contributed by atoms with Crippen molar-refractivity contribution in [1.82, 2.24) is 0 Å². The predicted molar refractivity (Wildman–Crippen MR) is 128 cm³/mol. The third-order valence-electron chi connectivity index (χ3n) is 3.70. The van der Waals surface area contributed by atoms with E-state index in [4.69, 9.17) is 35.4 Å². The summed E-state index contributed by atoms with van der Waals surface area (Å²) >= 11 is 20.4. The van der Waals surface area contributed by atoms with Crippen molar-refractivity contribution in [1.29, 1.82) is 0 Å². The van der Waals surface area contributed by atoms with Crippen molar-refractivity contribution in [3.8, 4) is 0 Å². The number of hydrogen-bond acceptors (Lipinski definition) is 3. The fourth-order valence-corrected chi connectivity index (χ4v) is 4.17. The molecule has 0 saturated heterocycles. The Labute approximate surface area is 192 Å². The van der Waals surface area contributed by atoms with Gasteiger partial charge < -0.3 is 10.6 Å². The zero-order valence-electron chi connectivity index (χ0n) is 14.6. The lowest BCUT2D eigenvalue weighted by molar-refractivity contribution is 0.601. The smallest absolute Gasteiger partial charge is 0.261 e. The maximum atomic E-state index is 12.6. The van der Waals surface area contributed by atoms with Crippen LogP contribution in [0, 0.1) is 0 Å². The number of nitrogens with one attached hydrogen (secondary N) is 3. The van der Waals surface area contributed by atoms with Gasteiger partial charge in [0, 0.05) is 15.8 Å². The molecular formula is C19H14BrCl2N3O2S2. The molecule has 0 aliphatic rings. The summed E-state index contributed by atoms with van der Waals surface area (Å²) < 4.78 is 28.5. The van der Waals surface area contributed by atoms with Crippen LogP contribution in [-0.4, -0.2) is 13.5 Å². The van der Waals surface area contributed by atoms with E-state index in [1.165, 1.54) is 30.3 Å². The molecule has 0 unspecified atom stereocenters. The molecule has 5 nitrogen and oxygen atoms in total. The molecular weight excluding hydrogens is 517 g/mol. The molecule has 0 aliphatic heterocycles. The number of sulfonamides is 1. The van der Waals surface area contributed by atoms with Crippen LogP contribution in [0.1, 0.15) is 0 Å². The monoisotopic (exact) mass is 529 g/mol. The van der Waals surface area contributed by atoms with Gasteiger partial charge in [-0.05, 0) is 78.9 Å². The van der Waals surface area contributed by atoms with Crippen LogP contribution in [-0.2, 0) is 10.0 Å². The summed E-state index contributed by atoms with van der Waals surface area (Å²) in [5, 5.41) is 7.05. The summed E-state index contributed by atoms with van der Waals surface area (Å²) in [7, 11) is -3.77.